The third-order valence-corrected chi connectivity index (χ3v) is 4.85. The van der Waals surface area contributed by atoms with Crippen LogP contribution in [0.4, 0.5) is 5.13 Å². The van der Waals surface area contributed by atoms with E-state index in [1.165, 1.54) is 11.3 Å². The van der Waals surface area contributed by atoms with Gasteiger partial charge < -0.3 is 5.32 Å². The van der Waals surface area contributed by atoms with Gasteiger partial charge in [-0.3, -0.25) is 9.78 Å². The molecular weight excluding hydrogens is 354 g/mol. The minimum atomic E-state index is -0.264. The van der Waals surface area contributed by atoms with E-state index in [1.807, 2.05) is 61.7 Å². The molecule has 0 fully saturated rings. The zero-order chi connectivity index (χ0) is 17.8. The van der Waals surface area contributed by atoms with Gasteiger partial charge in [-0.05, 0) is 35.7 Å². The highest BCUT2D eigenvalue weighted by molar-refractivity contribution is 7.14. The van der Waals surface area contributed by atoms with Crippen LogP contribution in [0.5, 0.6) is 0 Å². The summed E-state index contributed by atoms with van der Waals surface area (Å²) in [7, 11) is 0. The fourth-order valence-corrected chi connectivity index (χ4v) is 3.49. The van der Waals surface area contributed by atoms with E-state index in [4.69, 9.17) is 11.6 Å². The molecule has 0 unspecified atom stereocenters. The van der Waals surface area contributed by atoms with Crippen molar-refractivity contribution in [2.45, 2.75) is 19.8 Å². The fourth-order valence-electron chi connectivity index (χ4n) is 2.66. The van der Waals surface area contributed by atoms with Gasteiger partial charge in [-0.2, -0.15) is 0 Å². The molecule has 2 heterocycles. The molecule has 6 heteroatoms. The first-order chi connectivity index (χ1) is 12.0. The van der Waals surface area contributed by atoms with Gasteiger partial charge in [0.2, 0.25) is 5.91 Å². The SMILES string of the molecule is CC(C)[C@H](C(=O)Nc1nc(-c2ccccn2)cs1)c1ccc(Cl)cc1. The topological polar surface area (TPSA) is 54.9 Å². The summed E-state index contributed by atoms with van der Waals surface area (Å²) >= 11 is 7.35. The van der Waals surface area contributed by atoms with Crippen molar-refractivity contribution < 1.29 is 4.79 Å². The zero-order valence-corrected chi connectivity index (χ0v) is 15.5. The van der Waals surface area contributed by atoms with E-state index < -0.39 is 0 Å². The van der Waals surface area contributed by atoms with Crippen molar-refractivity contribution >= 4 is 34.0 Å². The number of hydrogen-bond acceptors (Lipinski definition) is 4. The van der Waals surface area contributed by atoms with E-state index in [-0.39, 0.29) is 17.7 Å². The molecule has 1 aromatic carbocycles. The van der Waals surface area contributed by atoms with Crippen LogP contribution in [-0.2, 0) is 4.79 Å². The summed E-state index contributed by atoms with van der Waals surface area (Å²) < 4.78 is 0. The van der Waals surface area contributed by atoms with Crippen LogP contribution >= 0.6 is 22.9 Å². The van der Waals surface area contributed by atoms with Crippen LogP contribution in [0.3, 0.4) is 0 Å². The number of hydrogen-bond donors (Lipinski definition) is 1. The number of benzene rings is 1. The summed E-state index contributed by atoms with van der Waals surface area (Å²) in [5, 5.41) is 6.06. The van der Waals surface area contributed by atoms with Gasteiger partial charge in [-0.25, -0.2) is 4.98 Å². The second-order valence-corrected chi connectivity index (χ2v) is 7.31. The number of nitrogens with one attached hydrogen (secondary N) is 1. The smallest absolute Gasteiger partial charge is 0.233 e. The Morgan fingerprint density at radius 1 is 1.12 bits per heavy atom. The molecule has 1 N–H and O–H groups in total. The molecule has 0 saturated carbocycles. The molecular formula is C19H18ClN3OS. The highest BCUT2D eigenvalue weighted by Crippen LogP contribution is 2.29. The highest BCUT2D eigenvalue weighted by Gasteiger charge is 2.25. The van der Waals surface area contributed by atoms with E-state index in [2.05, 4.69) is 15.3 Å². The maximum atomic E-state index is 12.8. The van der Waals surface area contributed by atoms with Gasteiger partial charge in [-0.15, -0.1) is 11.3 Å². The average molecular weight is 372 g/mol. The average Bonchev–Trinajstić information content (AvgIpc) is 3.06. The number of anilines is 1. The summed E-state index contributed by atoms with van der Waals surface area (Å²) in [4.78, 5) is 21.5. The molecule has 0 aliphatic rings. The first-order valence-electron chi connectivity index (χ1n) is 7.98. The molecule has 4 nitrogen and oxygen atoms in total. The predicted octanol–water partition coefficient (Wildman–Crippen LogP) is 5.24. The molecule has 0 bridgehead atoms. The maximum Gasteiger partial charge on any atom is 0.233 e. The van der Waals surface area contributed by atoms with Gasteiger partial charge in [0, 0.05) is 16.6 Å². The van der Waals surface area contributed by atoms with Gasteiger partial charge >= 0.3 is 0 Å². The normalized spacial score (nSPS) is 12.2. The zero-order valence-electron chi connectivity index (χ0n) is 13.9. The molecule has 3 aromatic rings. The van der Waals surface area contributed by atoms with Crippen LogP contribution in [0.25, 0.3) is 11.4 Å². The molecule has 0 saturated heterocycles. The van der Waals surface area contributed by atoms with Crippen molar-refractivity contribution in [2.75, 3.05) is 5.32 Å². The molecule has 128 valence electrons. The quantitative estimate of drug-likeness (QED) is 0.667. The van der Waals surface area contributed by atoms with Crippen molar-refractivity contribution in [3.8, 4) is 11.4 Å². The lowest BCUT2D eigenvalue weighted by Gasteiger charge is -2.20. The third-order valence-electron chi connectivity index (χ3n) is 3.84. The Bertz CT molecular complexity index is 847. The van der Waals surface area contributed by atoms with Crippen molar-refractivity contribution in [2.24, 2.45) is 5.92 Å². The molecule has 25 heavy (non-hydrogen) atoms. The Morgan fingerprint density at radius 3 is 2.52 bits per heavy atom. The minimum Gasteiger partial charge on any atom is -0.301 e. The van der Waals surface area contributed by atoms with Crippen LogP contribution in [0.15, 0.2) is 54.0 Å². The lowest BCUT2D eigenvalue weighted by Crippen LogP contribution is -2.25. The first-order valence-corrected chi connectivity index (χ1v) is 9.23. The van der Waals surface area contributed by atoms with Gasteiger partial charge in [-0.1, -0.05) is 43.6 Å². The monoisotopic (exact) mass is 371 g/mol. The van der Waals surface area contributed by atoms with Gasteiger partial charge in [0.05, 0.1) is 11.6 Å². The number of nitrogens with zero attached hydrogens (tertiary/aromatic N) is 2. The molecule has 2 aromatic heterocycles. The second kappa shape index (κ2) is 7.76. The molecule has 3 rings (SSSR count). The van der Waals surface area contributed by atoms with Gasteiger partial charge in [0.1, 0.15) is 5.69 Å². The summed E-state index contributed by atoms with van der Waals surface area (Å²) in [6.45, 7) is 4.06. The lowest BCUT2D eigenvalue weighted by atomic mass is 9.88. The van der Waals surface area contributed by atoms with Gasteiger partial charge in [0.15, 0.2) is 5.13 Å². The third kappa shape index (κ3) is 4.24. The lowest BCUT2D eigenvalue weighted by molar-refractivity contribution is -0.118. The number of rotatable bonds is 5. The van der Waals surface area contributed by atoms with E-state index in [1.54, 1.807) is 6.20 Å². The number of halogens is 1. The Balaban J connectivity index is 1.78. The number of thiazole rings is 1. The Labute approximate surface area is 155 Å². The molecule has 0 radical (unpaired) electrons. The molecule has 0 spiro atoms. The van der Waals surface area contributed by atoms with Crippen LogP contribution in [-0.4, -0.2) is 15.9 Å². The minimum absolute atomic E-state index is 0.0701. The molecule has 0 aliphatic carbocycles. The number of amides is 1. The second-order valence-electron chi connectivity index (χ2n) is 6.02. The fraction of sp³-hybridized carbons (Fsp3) is 0.211. The van der Waals surface area contributed by atoms with Crippen molar-refractivity contribution in [3.63, 3.8) is 0 Å². The first kappa shape index (κ1) is 17.6. The molecule has 0 aliphatic heterocycles. The highest BCUT2D eigenvalue weighted by atomic mass is 35.5. The van der Waals surface area contributed by atoms with Crippen LogP contribution in [0, 0.1) is 5.92 Å². The van der Waals surface area contributed by atoms with Crippen molar-refractivity contribution in [1.29, 1.82) is 0 Å². The molecule has 1 atom stereocenters. The number of aromatic nitrogens is 2. The van der Waals surface area contributed by atoms with E-state index in [0.717, 1.165) is 17.0 Å². The number of pyridine rings is 1. The van der Waals surface area contributed by atoms with Crippen LogP contribution in [0.1, 0.15) is 25.3 Å². The van der Waals surface area contributed by atoms with E-state index >= 15 is 0 Å². The Hall–Kier alpha value is -2.24. The Morgan fingerprint density at radius 2 is 1.88 bits per heavy atom. The van der Waals surface area contributed by atoms with Crippen LogP contribution < -0.4 is 5.32 Å². The van der Waals surface area contributed by atoms with Crippen molar-refractivity contribution in [1.82, 2.24) is 9.97 Å². The van der Waals surface area contributed by atoms with Crippen molar-refractivity contribution in [3.05, 3.63) is 64.6 Å². The Kier molecular flexibility index (Phi) is 5.46. The summed E-state index contributed by atoms with van der Waals surface area (Å²) in [6, 6.07) is 13.1. The van der Waals surface area contributed by atoms with Gasteiger partial charge in [0.25, 0.3) is 0 Å². The predicted molar refractivity (Wildman–Crippen MR) is 103 cm³/mol. The maximum absolute atomic E-state index is 12.8. The van der Waals surface area contributed by atoms with E-state index in [9.17, 15) is 4.79 Å². The summed E-state index contributed by atoms with van der Waals surface area (Å²) in [5.74, 6) is -0.185. The number of carbonyl (C=O) groups excluding carboxylic acids is 1. The summed E-state index contributed by atoms with van der Waals surface area (Å²) in [5.41, 5.74) is 2.49. The standard InChI is InChI=1S/C19H18ClN3OS/c1-12(2)17(13-6-8-14(20)9-7-13)18(24)23-19-22-16(11-25-19)15-5-3-4-10-21-15/h3-12,17H,1-2H3,(H,22,23,24)/t17-/m0/s1. The summed E-state index contributed by atoms with van der Waals surface area (Å²) in [6.07, 6.45) is 1.72. The largest absolute Gasteiger partial charge is 0.301 e. The number of carbonyl (C=O) groups is 1. The van der Waals surface area contributed by atoms with Crippen LogP contribution in [0.2, 0.25) is 5.02 Å². The van der Waals surface area contributed by atoms with E-state index in [0.29, 0.717) is 10.2 Å². The molecule has 1 amide bonds.